The Kier molecular flexibility index (Phi) is 8.91. The molecule has 0 aliphatic rings. The molecule has 336 valence electrons. The highest BCUT2D eigenvalue weighted by Gasteiger charge is 2.36. The molecule has 0 saturated carbocycles. The number of aromatic nitrogens is 6. The van der Waals surface area contributed by atoms with Gasteiger partial charge < -0.3 is 27.4 Å². The fraction of sp³-hybridized carbons (Fsp3) is 0.0492. The first-order valence-corrected chi connectivity index (χ1v) is 23.6. The Balaban J connectivity index is 1.33. The Bertz CT molecular complexity index is 4360. The predicted molar refractivity (Wildman–Crippen MR) is 282 cm³/mol. The number of aryl methyl sites for hydroxylation is 1. The van der Waals surface area contributed by atoms with Crippen molar-refractivity contribution in [2.45, 2.75) is 12.8 Å². The van der Waals surface area contributed by atoms with Crippen molar-refractivity contribution in [3.05, 3.63) is 206 Å². The quantitative estimate of drug-likeness (QED) is 0.140. The third kappa shape index (κ3) is 5.78. The molecule has 0 aliphatic heterocycles. The van der Waals surface area contributed by atoms with Crippen molar-refractivity contribution in [1.29, 1.82) is 5.26 Å². The van der Waals surface area contributed by atoms with Crippen LogP contribution in [0.3, 0.4) is 0 Å². The molecule has 5 heterocycles. The lowest BCUT2D eigenvalue weighted by molar-refractivity contribution is -0.140. The second-order valence-electron chi connectivity index (χ2n) is 17.8. The normalized spacial score (nSPS) is 11.9. The first kappa shape index (κ1) is 40.4. The second kappa shape index (κ2) is 15.7. The minimum absolute atomic E-state index is 0.0420. The van der Waals surface area contributed by atoms with E-state index in [1.54, 1.807) is 0 Å². The van der Waals surface area contributed by atoms with Gasteiger partial charge in [-0.1, -0.05) is 146 Å². The van der Waals surface area contributed by atoms with Gasteiger partial charge in [0.2, 0.25) is 5.89 Å². The third-order valence-electron chi connectivity index (χ3n) is 14.2. The predicted octanol–water partition coefficient (Wildman–Crippen LogP) is 14.1. The number of carbonyl (C=O) groups is 1. The van der Waals surface area contributed by atoms with Crippen molar-refractivity contribution in [2.24, 2.45) is 0 Å². The fourth-order valence-electron chi connectivity index (χ4n) is 11.3. The first-order valence-electron chi connectivity index (χ1n) is 23.6. The molecule has 5 aromatic heterocycles. The van der Waals surface area contributed by atoms with Crippen LogP contribution in [0.1, 0.15) is 17.9 Å². The van der Waals surface area contributed by atoms with Crippen molar-refractivity contribution in [3.8, 4) is 40.3 Å². The van der Waals surface area contributed by atoms with Crippen molar-refractivity contribution in [3.63, 3.8) is 0 Å². The van der Waals surface area contributed by atoms with Crippen LogP contribution in [-0.2, 0) is 16.0 Å². The van der Waals surface area contributed by atoms with Crippen LogP contribution < -0.4 is 0 Å². The van der Waals surface area contributed by atoms with Crippen LogP contribution in [0.25, 0.3) is 121 Å². The summed E-state index contributed by atoms with van der Waals surface area (Å²) in [5.41, 5.74) is 11.0. The summed E-state index contributed by atoms with van der Waals surface area (Å²) in [6.45, 7) is 0. The van der Waals surface area contributed by atoms with E-state index in [1.807, 2.05) is 12.1 Å². The molecular weight excluding hydrogens is 879 g/mol. The van der Waals surface area contributed by atoms with Gasteiger partial charge in [0.1, 0.15) is 11.6 Å². The summed E-state index contributed by atoms with van der Waals surface area (Å²) in [4.78, 5) is 12.6. The summed E-state index contributed by atoms with van der Waals surface area (Å²) < 4.78 is 21.1. The van der Waals surface area contributed by atoms with Gasteiger partial charge in [-0.25, -0.2) is 0 Å². The van der Waals surface area contributed by atoms with E-state index in [0.29, 0.717) is 28.2 Å². The number of para-hydroxylation sites is 8. The number of methoxy groups -OCH3 is 1. The van der Waals surface area contributed by atoms with Gasteiger partial charge in [-0.05, 0) is 48.5 Å². The van der Waals surface area contributed by atoms with Gasteiger partial charge in [-0.15, -0.1) is 10.2 Å². The molecule has 9 aromatic carbocycles. The van der Waals surface area contributed by atoms with Crippen LogP contribution >= 0.6 is 0 Å². The van der Waals surface area contributed by atoms with E-state index in [0.717, 1.165) is 92.9 Å². The van der Waals surface area contributed by atoms with Crippen molar-refractivity contribution < 1.29 is 13.9 Å². The summed E-state index contributed by atoms with van der Waals surface area (Å²) in [5, 5.41) is 30.5. The van der Waals surface area contributed by atoms with Gasteiger partial charge >= 0.3 is 5.97 Å². The standard InChI is InChI=1S/C61H39N7O3/c1-70-55(69)35-34-54-63-64-61(71-54)56-57(65-46-26-10-2-18-37(46)38-19-3-11-27-47(38)65)45(36-62)58(66-48-28-12-4-20-39(48)40-21-5-13-29-49(40)66)60(68-52-32-16-8-24-43(52)44-25-9-17-33-53(44)68)59(56)67-50-30-14-6-22-41(50)42-23-7-15-31-51(42)67/h2-33H,34-35H2,1H3. The number of nitrogens with zero attached hydrogens (tertiary/aromatic N) is 7. The minimum atomic E-state index is -0.391. The molecule has 0 unspecified atom stereocenters. The molecular formula is C61H39N7O3. The molecule has 10 heteroatoms. The van der Waals surface area contributed by atoms with Crippen LogP contribution in [-0.4, -0.2) is 41.5 Å². The smallest absolute Gasteiger partial charge is 0.306 e. The summed E-state index contributed by atoms with van der Waals surface area (Å²) in [5.74, 6) is 0.0543. The summed E-state index contributed by atoms with van der Waals surface area (Å²) in [6.07, 6.45) is 0.194. The van der Waals surface area contributed by atoms with Crippen LogP contribution in [0.4, 0.5) is 0 Å². The van der Waals surface area contributed by atoms with E-state index in [4.69, 9.17) is 14.3 Å². The Labute approximate surface area is 405 Å². The maximum atomic E-state index is 12.6. The van der Waals surface area contributed by atoms with Gasteiger partial charge in [0.25, 0.3) is 5.89 Å². The second-order valence-corrected chi connectivity index (χ2v) is 17.8. The maximum Gasteiger partial charge on any atom is 0.306 e. The highest BCUT2D eigenvalue weighted by molar-refractivity contribution is 6.16. The molecule has 0 N–H and O–H groups in total. The average Bonchev–Trinajstić information content (AvgIpc) is 4.25. The fourth-order valence-corrected chi connectivity index (χ4v) is 11.3. The topological polar surface area (TPSA) is 109 Å². The number of hydrogen-bond acceptors (Lipinski definition) is 6. The molecule has 0 bridgehead atoms. The van der Waals surface area contributed by atoms with Crippen LogP contribution in [0, 0.1) is 11.3 Å². The number of benzene rings is 9. The lowest BCUT2D eigenvalue weighted by Gasteiger charge is -2.28. The summed E-state index contributed by atoms with van der Waals surface area (Å²) >= 11 is 0. The summed E-state index contributed by atoms with van der Waals surface area (Å²) in [7, 11) is 1.37. The molecule has 0 saturated heterocycles. The lowest BCUT2D eigenvalue weighted by Crippen LogP contribution is -2.16. The van der Waals surface area contributed by atoms with E-state index in [1.165, 1.54) is 7.11 Å². The van der Waals surface area contributed by atoms with Crippen LogP contribution in [0.15, 0.2) is 199 Å². The lowest BCUT2D eigenvalue weighted by atomic mass is 9.97. The number of rotatable bonds is 8. The van der Waals surface area contributed by atoms with Crippen LogP contribution in [0.2, 0.25) is 0 Å². The van der Waals surface area contributed by atoms with Gasteiger partial charge in [-0.2, -0.15) is 5.26 Å². The number of ether oxygens (including phenoxy) is 1. The zero-order valence-electron chi connectivity index (χ0n) is 38.2. The van der Waals surface area contributed by atoms with E-state index in [9.17, 15) is 10.1 Å². The van der Waals surface area contributed by atoms with E-state index >= 15 is 0 Å². The number of nitriles is 1. The van der Waals surface area contributed by atoms with Gasteiger partial charge in [0.05, 0.1) is 86.0 Å². The molecule has 14 aromatic rings. The Morgan fingerprint density at radius 1 is 0.451 bits per heavy atom. The number of esters is 1. The minimum Gasteiger partial charge on any atom is -0.469 e. The molecule has 0 fully saturated rings. The highest BCUT2D eigenvalue weighted by Crippen LogP contribution is 2.51. The van der Waals surface area contributed by atoms with Gasteiger partial charge in [0, 0.05) is 49.5 Å². The molecule has 0 radical (unpaired) electrons. The molecule has 0 amide bonds. The molecule has 10 nitrogen and oxygen atoms in total. The Hall–Kier alpha value is -9.72. The van der Waals surface area contributed by atoms with E-state index in [2.05, 4.69) is 211 Å². The van der Waals surface area contributed by atoms with Gasteiger partial charge in [0.15, 0.2) is 0 Å². The van der Waals surface area contributed by atoms with Crippen molar-refractivity contribution in [1.82, 2.24) is 28.5 Å². The van der Waals surface area contributed by atoms with Crippen molar-refractivity contribution in [2.75, 3.05) is 7.11 Å². The zero-order chi connectivity index (χ0) is 47.3. The molecule has 14 rings (SSSR count). The molecule has 0 aliphatic carbocycles. The molecule has 0 atom stereocenters. The number of fused-ring (bicyclic) bond motifs is 12. The largest absolute Gasteiger partial charge is 0.469 e. The zero-order valence-corrected chi connectivity index (χ0v) is 38.2. The van der Waals surface area contributed by atoms with Gasteiger partial charge in [-0.3, -0.25) is 4.79 Å². The van der Waals surface area contributed by atoms with Crippen LogP contribution in [0.5, 0.6) is 0 Å². The van der Waals surface area contributed by atoms with E-state index < -0.39 is 5.97 Å². The third-order valence-corrected chi connectivity index (χ3v) is 14.2. The van der Waals surface area contributed by atoms with E-state index in [-0.39, 0.29) is 24.6 Å². The Morgan fingerprint density at radius 3 is 1.10 bits per heavy atom. The monoisotopic (exact) mass is 917 g/mol. The highest BCUT2D eigenvalue weighted by atomic mass is 16.5. The Morgan fingerprint density at radius 2 is 0.761 bits per heavy atom. The first-order chi connectivity index (χ1) is 35.1. The van der Waals surface area contributed by atoms with Crippen molar-refractivity contribution >= 4 is 93.2 Å². The summed E-state index contributed by atoms with van der Waals surface area (Å²) in [6, 6.07) is 70.3. The SMILES string of the molecule is COC(=O)CCc1nnc(-c2c(-n3c4ccccc4c4ccccc43)c(C#N)c(-n3c4ccccc4c4ccccc43)c(-n3c4ccccc4c4ccccc43)c2-n2c3ccccc3c3ccccc32)o1. The number of carbonyl (C=O) groups excluding carboxylic acids is 1. The molecule has 71 heavy (non-hydrogen) atoms. The molecule has 0 spiro atoms. The number of hydrogen-bond donors (Lipinski definition) is 0. The average molecular weight is 918 g/mol. The maximum absolute atomic E-state index is 12.6.